The van der Waals surface area contributed by atoms with Crippen molar-refractivity contribution < 1.29 is 8.42 Å². The summed E-state index contributed by atoms with van der Waals surface area (Å²) < 4.78 is 26.2. The first-order valence-electron chi connectivity index (χ1n) is 18.7. The number of nitrogens with zero attached hydrogens (tertiary/aromatic N) is 2. The van der Waals surface area contributed by atoms with Crippen LogP contribution in [0, 0.1) is 0 Å². The Morgan fingerprint density at radius 1 is 0.623 bits per heavy atom. The van der Waals surface area contributed by atoms with Crippen LogP contribution in [0.2, 0.25) is 0 Å². The van der Waals surface area contributed by atoms with Gasteiger partial charge in [0.25, 0.3) is 0 Å². The highest BCUT2D eigenvalue weighted by Crippen LogP contribution is 2.49. The van der Waals surface area contributed by atoms with Crippen molar-refractivity contribution in [3.8, 4) is 33.4 Å². The summed E-state index contributed by atoms with van der Waals surface area (Å²) in [7, 11) is -3.56. The lowest BCUT2D eigenvalue weighted by Gasteiger charge is -2.32. The van der Waals surface area contributed by atoms with Gasteiger partial charge in [-0.1, -0.05) is 141 Å². The number of hydrogen-bond donors (Lipinski definition) is 0. The number of hydrogen-bond acceptors (Lipinski definition) is 4. The summed E-state index contributed by atoms with van der Waals surface area (Å²) >= 11 is 0. The van der Waals surface area contributed by atoms with Crippen molar-refractivity contribution in [1.29, 1.82) is 0 Å². The molecule has 0 saturated carbocycles. The van der Waals surface area contributed by atoms with Crippen LogP contribution >= 0.6 is 0 Å². The third-order valence-corrected chi connectivity index (χ3v) is 13.3. The number of hydrazone groups is 1. The fraction of sp³-hybridized carbons (Fsp3) is 0.188. The molecule has 0 bridgehead atoms. The first-order valence-corrected chi connectivity index (χ1v) is 20.1. The Bertz CT molecular complexity index is 2480. The van der Waals surface area contributed by atoms with E-state index in [2.05, 4.69) is 122 Å². The van der Waals surface area contributed by atoms with Crippen LogP contribution < -0.4 is 0 Å². The molecule has 0 N–H and O–H groups in total. The Labute approximate surface area is 313 Å². The van der Waals surface area contributed by atoms with Gasteiger partial charge in [0.05, 0.1) is 27.6 Å². The van der Waals surface area contributed by atoms with Gasteiger partial charge in [-0.15, -0.1) is 0 Å². The average Bonchev–Trinajstić information content (AvgIpc) is 3.76. The molecule has 1 aliphatic heterocycles. The van der Waals surface area contributed by atoms with Crippen LogP contribution in [0.3, 0.4) is 0 Å². The largest absolute Gasteiger partial charge is 0.282 e. The first kappa shape index (κ1) is 33.3. The molecule has 0 fully saturated rings. The van der Waals surface area contributed by atoms with E-state index >= 15 is 0 Å². The van der Waals surface area contributed by atoms with Crippen LogP contribution in [-0.2, 0) is 15.3 Å². The van der Waals surface area contributed by atoms with Crippen molar-refractivity contribution >= 4 is 15.5 Å². The smallest absolute Gasteiger partial charge is 0.206 e. The molecule has 53 heavy (non-hydrogen) atoms. The Morgan fingerprint density at radius 3 is 1.92 bits per heavy atom. The number of sulfone groups is 1. The molecule has 3 aliphatic rings. The summed E-state index contributed by atoms with van der Waals surface area (Å²) in [5.74, 6) is 0. The molecule has 0 aromatic heterocycles. The molecule has 5 heteroatoms. The van der Waals surface area contributed by atoms with Crippen LogP contribution in [0.4, 0.5) is 0 Å². The van der Waals surface area contributed by atoms with Gasteiger partial charge < -0.3 is 0 Å². The van der Waals surface area contributed by atoms with E-state index in [1.54, 1.807) is 36.4 Å². The predicted molar refractivity (Wildman–Crippen MR) is 216 cm³/mol. The summed E-state index contributed by atoms with van der Waals surface area (Å²) in [4.78, 5) is 0.601. The minimum Gasteiger partial charge on any atom is -0.282 e. The van der Waals surface area contributed by atoms with E-state index < -0.39 is 9.84 Å². The summed E-state index contributed by atoms with van der Waals surface area (Å²) in [5.41, 5.74) is 13.4. The topological polar surface area (TPSA) is 49.7 Å². The molecule has 262 valence electrons. The van der Waals surface area contributed by atoms with Gasteiger partial charge in [0.15, 0.2) is 0 Å². The fourth-order valence-electron chi connectivity index (χ4n) is 8.49. The zero-order valence-corrected chi connectivity index (χ0v) is 30.9. The SMILES string of the molecule is CC1(C)c2ccccc2-c2ccc(-c3ccc(C4=NN(C5C=CCCC5)C(c5ccc(-c6ccc(S(=O)(=O)c7ccccc7)cc6)cc5)C4)cc3)cc21. The third kappa shape index (κ3) is 5.93. The highest BCUT2D eigenvalue weighted by Gasteiger charge is 2.36. The second-order valence-corrected chi connectivity index (χ2v) is 17.0. The second kappa shape index (κ2) is 13.2. The minimum absolute atomic E-state index is 0.0268. The van der Waals surface area contributed by atoms with Gasteiger partial charge in [-0.05, 0) is 105 Å². The maximum absolute atomic E-state index is 13.1. The Balaban J connectivity index is 0.958. The minimum atomic E-state index is -3.56. The zero-order valence-electron chi connectivity index (χ0n) is 30.1. The lowest BCUT2D eigenvalue weighted by molar-refractivity contribution is 0.177. The van der Waals surface area contributed by atoms with Crippen molar-refractivity contribution in [3.05, 3.63) is 180 Å². The van der Waals surface area contributed by atoms with Gasteiger partial charge >= 0.3 is 0 Å². The molecule has 2 unspecified atom stereocenters. The van der Waals surface area contributed by atoms with E-state index in [-0.39, 0.29) is 17.5 Å². The summed E-state index contributed by atoms with van der Waals surface area (Å²) in [6.07, 6.45) is 8.85. The fourth-order valence-corrected chi connectivity index (χ4v) is 9.77. The van der Waals surface area contributed by atoms with Crippen LogP contribution in [0.1, 0.15) is 67.8 Å². The van der Waals surface area contributed by atoms with E-state index in [0.29, 0.717) is 9.79 Å². The number of fused-ring (bicyclic) bond motifs is 3. The molecular weight excluding hydrogens is 669 g/mol. The van der Waals surface area contributed by atoms with Crippen LogP contribution in [0.15, 0.2) is 173 Å². The second-order valence-electron chi connectivity index (χ2n) is 15.0. The maximum atomic E-state index is 13.1. The lowest BCUT2D eigenvalue weighted by atomic mass is 9.81. The Morgan fingerprint density at radius 2 is 1.21 bits per heavy atom. The van der Waals surface area contributed by atoms with Gasteiger partial charge in [-0.25, -0.2) is 8.42 Å². The monoisotopic (exact) mass is 710 g/mol. The van der Waals surface area contributed by atoms with Crippen molar-refractivity contribution in [1.82, 2.24) is 5.01 Å². The molecule has 2 atom stereocenters. The van der Waals surface area contributed by atoms with Crippen LogP contribution in [-0.4, -0.2) is 25.2 Å². The number of benzene rings is 6. The van der Waals surface area contributed by atoms with E-state index in [1.807, 2.05) is 18.2 Å². The van der Waals surface area contributed by atoms with Gasteiger partial charge in [-0.2, -0.15) is 5.10 Å². The quantitative estimate of drug-likeness (QED) is 0.155. The molecule has 0 amide bonds. The Hall–Kier alpha value is -5.52. The van der Waals surface area contributed by atoms with Gasteiger partial charge in [0.2, 0.25) is 9.84 Å². The van der Waals surface area contributed by atoms with Crippen LogP contribution in [0.25, 0.3) is 33.4 Å². The normalized spacial score (nSPS) is 18.8. The van der Waals surface area contributed by atoms with Gasteiger partial charge in [0.1, 0.15) is 0 Å². The molecule has 1 heterocycles. The zero-order chi connectivity index (χ0) is 36.2. The first-order chi connectivity index (χ1) is 25.8. The maximum Gasteiger partial charge on any atom is 0.206 e. The molecule has 6 aromatic rings. The highest BCUT2D eigenvalue weighted by atomic mass is 32.2. The lowest BCUT2D eigenvalue weighted by Crippen LogP contribution is -2.31. The molecule has 0 spiro atoms. The molecule has 4 nitrogen and oxygen atoms in total. The average molecular weight is 711 g/mol. The molecule has 0 radical (unpaired) electrons. The standard InChI is InChI=1S/C48H42N2O2S/c1-48(2)44-16-10-9-15-42(44)43-30-27-38(31-45(43)48)35-17-21-36(22-18-35)46-32-47(50(49-46)39-11-5-3-6-12-39)37-23-19-33(20-24-37)34-25-28-41(29-26-34)53(51,52)40-13-7-4-8-14-40/h4-5,7-11,13-31,39,47H,3,6,12,32H2,1-2H3. The molecule has 0 saturated heterocycles. The van der Waals surface area contributed by atoms with Gasteiger partial charge in [0, 0.05) is 11.8 Å². The van der Waals surface area contributed by atoms with E-state index in [4.69, 9.17) is 5.10 Å². The van der Waals surface area contributed by atoms with Crippen molar-refractivity contribution in [3.63, 3.8) is 0 Å². The molecule has 6 aromatic carbocycles. The predicted octanol–water partition coefficient (Wildman–Crippen LogP) is 11.4. The molecular formula is C48H42N2O2S. The highest BCUT2D eigenvalue weighted by molar-refractivity contribution is 7.91. The van der Waals surface area contributed by atoms with Crippen molar-refractivity contribution in [2.75, 3.05) is 0 Å². The van der Waals surface area contributed by atoms with Crippen LogP contribution in [0.5, 0.6) is 0 Å². The van der Waals surface area contributed by atoms with Gasteiger partial charge in [-0.3, -0.25) is 5.01 Å². The molecule has 2 aliphatic carbocycles. The number of rotatable bonds is 7. The van der Waals surface area contributed by atoms with E-state index in [1.165, 1.54) is 45.4 Å². The summed E-state index contributed by atoms with van der Waals surface area (Å²) in [5, 5.41) is 7.64. The van der Waals surface area contributed by atoms with Crippen molar-refractivity contribution in [2.45, 2.75) is 66.8 Å². The molecule has 9 rings (SSSR count). The third-order valence-electron chi connectivity index (χ3n) is 11.5. The van der Waals surface area contributed by atoms with E-state index in [9.17, 15) is 8.42 Å². The van der Waals surface area contributed by atoms with Crippen molar-refractivity contribution in [2.24, 2.45) is 5.10 Å². The Kier molecular flexibility index (Phi) is 8.27. The van der Waals surface area contributed by atoms with E-state index in [0.717, 1.165) is 41.7 Å². The summed E-state index contributed by atoms with van der Waals surface area (Å²) in [6.45, 7) is 4.66. The number of allylic oxidation sites excluding steroid dienone is 1. The summed E-state index contributed by atoms with van der Waals surface area (Å²) in [6, 6.07) is 49.6.